The van der Waals surface area contributed by atoms with Crippen LogP contribution in [0.3, 0.4) is 0 Å². The normalized spacial score (nSPS) is 12.5. The Morgan fingerprint density at radius 2 is 1.58 bits per heavy atom. The van der Waals surface area contributed by atoms with Crippen molar-refractivity contribution in [3.05, 3.63) is 77.9 Å². The van der Waals surface area contributed by atoms with Crippen molar-refractivity contribution in [2.24, 2.45) is 0 Å². The number of nitrogens with one attached hydrogen (secondary N) is 2. The first kappa shape index (κ1) is 28.7. The fraction of sp³-hybridized carbons (Fsp3) is 0.387. The number of carbonyl (C=O) groups excluding carboxylic acids is 3. The summed E-state index contributed by atoms with van der Waals surface area (Å²) < 4.78 is 5.30. The van der Waals surface area contributed by atoms with E-state index in [1.807, 2.05) is 94.4 Å². The molecule has 0 spiro atoms. The highest BCUT2D eigenvalue weighted by Crippen LogP contribution is 2.33. The summed E-state index contributed by atoms with van der Waals surface area (Å²) in [7, 11) is 0. The van der Waals surface area contributed by atoms with Crippen LogP contribution in [-0.4, -0.2) is 40.5 Å². The van der Waals surface area contributed by atoms with Gasteiger partial charge in [-0.2, -0.15) is 0 Å². The smallest absolute Gasteiger partial charge is 0.408 e. The second-order valence-corrected chi connectivity index (χ2v) is 11.2. The van der Waals surface area contributed by atoms with E-state index in [0.717, 1.165) is 16.3 Å². The van der Waals surface area contributed by atoms with Crippen LogP contribution in [0.2, 0.25) is 0 Å². The first-order chi connectivity index (χ1) is 17.8. The topological polar surface area (TPSA) is 87.7 Å². The van der Waals surface area contributed by atoms with E-state index in [2.05, 4.69) is 10.6 Å². The maximum Gasteiger partial charge on any atom is 0.408 e. The number of rotatable bonds is 8. The molecule has 202 valence electrons. The van der Waals surface area contributed by atoms with Crippen molar-refractivity contribution in [1.29, 1.82) is 0 Å². The number of hydrogen-bond acceptors (Lipinski definition) is 4. The van der Waals surface area contributed by atoms with E-state index in [-0.39, 0.29) is 18.4 Å². The zero-order valence-electron chi connectivity index (χ0n) is 23.4. The van der Waals surface area contributed by atoms with Crippen molar-refractivity contribution in [3.8, 4) is 0 Å². The van der Waals surface area contributed by atoms with E-state index < -0.39 is 23.3 Å². The minimum absolute atomic E-state index is 0.302. The Kier molecular flexibility index (Phi) is 8.82. The number of ether oxygens (including phenoxy) is 1. The molecule has 0 aromatic heterocycles. The van der Waals surface area contributed by atoms with Gasteiger partial charge in [0.25, 0.3) is 5.91 Å². The van der Waals surface area contributed by atoms with Gasteiger partial charge in [-0.25, -0.2) is 4.79 Å². The van der Waals surface area contributed by atoms with Gasteiger partial charge < -0.3 is 20.3 Å². The summed E-state index contributed by atoms with van der Waals surface area (Å²) in [6, 6.07) is 20.3. The fourth-order valence-electron chi connectivity index (χ4n) is 4.28. The molecule has 2 N–H and O–H groups in total. The second kappa shape index (κ2) is 11.7. The highest BCUT2D eigenvalue weighted by atomic mass is 16.6. The molecule has 3 amide bonds. The molecular formula is C31H39N3O4. The van der Waals surface area contributed by atoms with Gasteiger partial charge in [0.05, 0.1) is 0 Å². The van der Waals surface area contributed by atoms with Crippen molar-refractivity contribution in [2.75, 3.05) is 11.9 Å². The molecule has 3 aromatic rings. The number of fused-ring (bicyclic) bond motifs is 1. The molecule has 0 aliphatic carbocycles. The summed E-state index contributed by atoms with van der Waals surface area (Å²) in [5, 5.41) is 7.66. The molecule has 7 heteroatoms. The molecule has 1 unspecified atom stereocenters. The summed E-state index contributed by atoms with van der Waals surface area (Å²) in [4.78, 5) is 41.6. The molecule has 7 nitrogen and oxygen atoms in total. The van der Waals surface area contributed by atoms with Crippen molar-refractivity contribution >= 4 is 34.4 Å². The quantitative estimate of drug-likeness (QED) is 0.363. The lowest BCUT2D eigenvalue weighted by molar-refractivity contribution is -0.145. The highest BCUT2D eigenvalue weighted by molar-refractivity contribution is 6.00. The molecule has 0 fully saturated rings. The number of carbonyl (C=O) groups is 3. The van der Waals surface area contributed by atoms with Gasteiger partial charge in [0.2, 0.25) is 5.91 Å². The average molecular weight is 518 g/mol. The van der Waals surface area contributed by atoms with Crippen molar-refractivity contribution in [2.45, 2.75) is 72.1 Å². The monoisotopic (exact) mass is 517 g/mol. The van der Waals surface area contributed by atoms with Gasteiger partial charge in [0.15, 0.2) is 0 Å². The van der Waals surface area contributed by atoms with Gasteiger partial charge in [-0.15, -0.1) is 0 Å². The minimum Gasteiger partial charge on any atom is -0.444 e. The van der Waals surface area contributed by atoms with Crippen LogP contribution in [0.1, 0.15) is 65.1 Å². The third-order valence-corrected chi connectivity index (χ3v) is 6.45. The van der Waals surface area contributed by atoms with E-state index in [1.165, 1.54) is 0 Å². The molecule has 0 bridgehead atoms. The Bertz CT molecular complexity index is 1310. The zero-order valence-corrected chi connectivity index (χ0v) is 23.4. The SMILES string of the molecule is CCC(C)(C)N(C(=O)CNC(=O)OC(C)(C)C)C(C(=O)Nc1ccc2ccccc2c1)c1cccc(C)c1. The van der Waals surface area contributed by atoms with E-state index in [1.54, 1.807) is 25.7 Å². The summed E-state index contributed by atoms with van der Waals surface area (Å²) >= 11 is 0. The molecule has 3 rings (SSSR count). The van der Waals surface area contributed by atoms with Crippen LogP contribution in [0, 0.1) is 6.92 Å². The molecule has 0 aliphatic heterocycles. The molecule has 0 saturated carbocycles. The van der Waals surface area contributed by atoms with Gasteiger partial charge in [-0.3, -0.25) is 9.59 Å². The van der Waals surface area contributed by atoms with Crippen molar-refractivity contribution in [1.82, 2.24) is 10.2 Å². The Balaban J connectivity index is 1.98. The van der Waals surface area contributed by atoms with Crippen LogP contribution in [0.25, 0.3) is 10.8 Å². The van der Waals surface area contributed by atoms with Gasteiger partial charge in [-0.1, -0.05) is 67.1 Å². The Morgan fingerprint density at radius 3 is 2.21 bits per heavy atom. The first-order valence-corrected chi connectivity index (χ1v) is 13.0. The predicted octanol–water partition coefficient (Wildman–Crippen LogP) is 6.37. The van der Waals surface area contributed by atoms with E-state index in [9.17, 15) is 14.4 Å². The first-order valence-electron chi connectivity index (χ1n) is 13.0. The summed E-state index contributed by atoms with van der Waals surface area (Å²) in [6.07, 6.45) is -0.0932. The molecule has 0 aliphatic rings. The number of nitrogens with zero attached hydrogens (tertiary/aromatic N) is 1. The Morgan fingerprint density at radius 1 is 0.895 bits per heavy atom. The number of alkyl carbamates (subject to hydrolysis) is 1. The third-order valence-electron chi connectivity index (χ3n) is 6.45. The van der Waals surface area contributed by atoms with Crippen LogP contribution < -0.4 is 10.6 Å². The average Bonchev–Trinajstić information content (AvgIpc) is 2.84. The maximum absolute atomic E-state index is 14.0. The number of amides is 3. The van der Waals surface area contributed by atoms with Crippen LogP contribution in [0.5, 0.6) is 0 Å². The Hall–Kier alpha value is -3.87. The van der Waals surface area contributed by atoms with Crippen LogP contribution in [-0.2, 0) is 14.3 Å². The molecule has 3 aromatic carbocycles. The lowest BCUT2D eigenvalue weighted by Gasteiger charge is -2.43. The number of hydrogen-bond donors (Lipinski definition) is 2. The van der Waals surface area contributed by atoms with Crippen LogP contribution >= 0.6 is 0 Å². The summed E-state index contributed by atoms with van der Waals surface area (Å²) in [6.45, 7) is 12.7. The van der Waals surface area contributed by atoms with E-state index in [4.69, 9.17) is 4.74 Å². The molecular weight excluding hydrogens is 478 g/mol. The van der Waals surface area contributed by atoms with Gasteiger partial charge >= 0.3 is 6.09 Å². The predicted molar refractivity (Wildman–Crippen MR) is 152 cm³/mol. The molecule has 0 heterocycles. The zero-order chi connectivity index (χ0) is 28.1. The highest BCUT2D eigenvalue weighted by Gasteiger charge is 2.40. The second-order valence-electron chi connectivity index (χ2n) is 11.2. The largest absolute Gasteiger partial charge is 0.444 e. The molecule has 1 atom stereocenters. The molecule has 38 heavy (non-hydrogen) atoms. The molecule has 0 saturated heterocycles. The number of aryl methyl sites for hydroxylation is 1. The maximum atomic E-state index is 14.0. The van der Waals surface area contributed by atoms with E-state index in [0.29, 0.717) is 17.7 Å². The number of anilines is 1. The molecule has 0 radical (unpaired) electrons. The fourth-order valence-corrected chi connectivity index (χ4v) is 4.28. The minimum atomic E-state index is -0.927. The third kappa shape index (κ3) is 7.34. The standard InChI is InChI=1S/C31H39N3O4/c1-8-31(6,7)34(26(35)20-32-29(37)38-30(3,4)5)27(24-15-11-12-21(2)18-24)28(36)33-25-17-16-22-13-9-10-14-23(22)19-25/h9-19,27H,8,20H2,1-7H3,(H,32,37)(H,33,36). The van der Waals surface area contributed by atoms with Gasteiger partial charge in [0.1, 0.15) is 18.2 Å². The van der Waals surface area contributed by atoms with Crippen LogP contribution in [0.4, 0.5) is 10.5 Å². The lowest BCUT2D eigenvalue weighted by Crippen LogP contribution is -2.55. The van der Waals surface area contributed by atoms with E-state index >= 15 is 0 Å². The van der Waals surface area contributed by atoms with Crippen molar-refractivity contribution in [3.63, 3.8) is 0 Å². The number of benzene rings is 3. The van der Waals surface area contributed by atoms with Gasteiger partial charge in [0, 0.05) is 11.2 Å². The van der Waals surface area contributed by atoms with Crippen molar-refractivity contribution < 1.29 is 19.1 Å². The summed E-state index contributed by atoms with van der Waals surface area (Å²) in [5.74, 6) is -0.721. The van der Waals surface area contributed by atoms with Gasteiger partial charge in [-0.05, 0) is 76.4 Å². The van der Waals surface area contributed by atoms with Crippen LogP contribution in [0.15, 0.2) is 66.7 Å². The lowest BCUT2D eigenvalue weighted by atomic mass is 9.92. The Labute approximate surface area is 225 Å². The summed E-state index contributed by atoms with van der Waals surface area (Å²) in [5.41, 5.74) is 0.913.